The molecule has 1 aromatic rings. The Morgan fingerprint density at radius 2 is 1.94 bits per heavy atom. The van der Waals surface area contributed by atoms with Crippen molar-refractivity contribution in [2.24, 2.45) is 0 Å². The molecule has 1 heterocycles. The maximum Gasteiger partial charge on any atom is 0.293 e. The van der Waals surface area contributed by atoms with Gasteiger partial charge in [0.25, 0.3) is 11.1 Å². The van der Waals surface area contributed by atoms with Crippen molar-refractivity contribution in [3.05, 3.63) is 27.1 Å². The number of hydrogen-bond acceptors (Lipinski definition) is 5. The molecule has 0 spiro atoms. The zero-order chi connectivity index (χ0) is 13.4. The molecular weight excluding hydrogens is 322 g/mol. The molecule has 18 heavy (non-hydrogen) atoms. The van der Waals surface area contributed by atoms with E-state index in [1.165, 1.54) is 19.2 Å². The van der Waals surface area contributed by atoms with Crippen LogP contribution in [0.4, 0.5) is 4.79 Å². The van der Waals surface area contributed by atoms with Crippen LogP contribution >= 0.6 is 27.7 Å². The van der Waals surface area contributed by atoms with E-state index in [9.17, 15) is 19.8 Å². The van der Waals surface area contributed by atoms with Gasteiger partial charge in [-0.05, 0) is 39.8 Å². The lowest BCUT2D eigenvalue weighted by Crippen LogP contribution is -2.22. The Morgan fingerprint density at radius 1 is 1.28 bits per heavy atom. The van der Waals surface area contributed by atoms with Crippen LogP contribution < -0.4 is 0 Å². The Morgan fingerprint density at radius 3 is 2.50 bits per heavy atom. The topological polar surface area (TPSA) is 77.8 Å². The smallest absolute Gasteiger partial charge is 0.293 e. The molecule has 2 rings (SSSR count). The van der Waals surface area contributed by atoms with Gasteiger partial charge in [0, 0.05) is 18.7 Å². The van der Waals surface area contributed by atoms with Crippen molar-refractivity contribution in [1.82, 2.24) is 4.90 Å². The first-order valence-electron chi connectivity index (χ1n) is 4.83. The van der Waals surface area contributed by atoms with Gasteiger partial charge in [-0.2, -0.15) is 0 Å². The van der Waals surface area contributed by atoms with Gasteiger partial charge in [-0.25, -0.2) is 0 Å². The molecule has 1 fully saturated rings. The molecule has 2 N–H and O–H groups in total. The van der Waals surface area contributed by atoms with Crippen LogP contribution in [-0.2, 0) is 4.79 Å². The first-order chi connectivity index (χ1) is 8.40. The number of phenolic OH excluding ortho intramolecular Hbond substituents is 2. The van der Waals surface area contributed by atoms with E-state index in [1.54, 1.807) is 0 Å². The highest BCUT2D eigenvalue weighted by molar-refractivity contribution is 9.10. The largest absolute Gasteiger partial charge is 0.507 e. The van der Waals surface area contributed by atoms with Crippen molar-refractivity contribution >= 4 is 44.9 Å². The van der Waals surface area contributed by atoms with Crippen molar-refractivity contribution in [2.75, 3.05) is 7.05 Å². The maximum atomic E-state index is 11.7. The molecule has 94 valence electrons. The molecule has 2 amide bonds. The number of nitrogens with zero attached hydrogens (tertiary/aromatic N) is 1. The number of phenols is 2. The second kappa shape index (κ2) is 4.66. The molecule has 0 aliphatic carbocycles. The third-order valence-electron chi connectivity index (χ3n) is 2.37. The van der Waals surface area contributed by atoms with E-state index in [2.05, 4.69) is 15.9 Å². The molecule has 0 atom stereocenters. The number of likely N-dealkylation sites (N-methyl/N-ethyl adjacent to an activating group) is 1. The minimum atomic E-state index is -0.409. The standard InChI is InChI=1S/C11H8BrNO4S/c1-13-10(16)9(18-11(13)17)3-5-2-6(12)8(15)4-7(5)14/h2-4,14-15H,1H3/b9-3-. The summed E-state index contributed by atoms with van der Waals surface area (Å²) in [5.41, 5.74) is 0.346. The van der Waals surface area contributed by atoms with E-state index in [4.69, 9.17) is 0 Å². The lowest BCUT2D eigenvalue weighted by atomic mass is 10.1. The summed E-state index contributed by atoms with van der Waals surface area (Å²) >= 11 is 3.91. The number of carbonyl (C=O) groups is 2. The molecule has 1 aliphatic heterocycles. The summed E-state index contributed by atoms with van der Waals surface area (Å²) in [4.78, 5) is 24.2. The van der Waals surface area contributed by atoms with Crippen molar-refractivity contribution < 1.29 is 19.8 Å². The van der Waals surface area contributed by atoms with Gasteiger partial charge < -0.3 is 10.2 Å². The minimum Gasteiger partial charge on any atom is -0.507 e. The zero-order valence-electron chi connectivity index (χ0n) is 9.18. The predicted octanol–water partition coefficient (Wildman–Crippen LogP) is 2.53. The monoisotopic (exact) mass is 329 g/mol. The molecule has 5 nitrogen and oxygen atoms in total. The molecule has 0 radical (unpaired) electrons. The summed E-state index contributed by atoms with van der Waals surface area (Å²) in [6.07, 6.45) is 1.41. The summed E-state index contributed by atoms with van der Waals surface area (Å²) < 4.78 is 0.391. The van der Waals surface area contributed by atoms with Gasteiger partial charge in [-0.15, -0.1) is 0 Å². The second-order valence-corrected chi connectivity index (χ2v) is 5.45. The molecule has 7 heteroatoms. The Hall–Kier alpha value is -1.47. The number of thioether (sulfide) groups is 1. The Balaban J connectivity index is 2.43. The van der Waals surface area contributed by atoms with E-state index < -0.39 is 5.91 Å². The van der Waals surface area contributed by atoms with Crippen LogP contribution in [0.5, 0.6) is 11.5 Å². The van der Waals surface area contributed by atoms with Crippen LogP contribution in [0.15, 0.2) is 21.5 Å². The molecule has 0 aromatic heterocycles. The van der Waals surface area contributed by atoms with Gasteiger partial charge in [0.1, 0.15) is 11.5 Å². The number of amides is 2. The average molecular weight is 330 g/mol. The highest BCUT2D eigenvalue weighted by atomic mass is 79.9. The number of halogens is 1. The van der Waals surface area contributed by atoms with Gasteiger partial charge >= 0.3 is 0 Å². The van der Waals surface area contributed by atoms with Gasteiger partial charge in [-0.3, -0.25) is 14.5 Å². The fraction of sp³-hybridized carbons (Fsp3) is 0.0909. The van der Waals surface area contributed by atoms with Crippen LogP contribution in [0.1, 0.15) is 5.56 Å². The molecule has 0 bridgehead atoms. The van der Waals surface area contributed by atoms with Crippen LogP contribution in [0.3, 0.4) is 0 Å². The van der Waals surface area contributed by atoms with Crippen molar-refractivity contribution in [3.63, 3.8) is 0 Å². The van der Waals surface area contributed by atoms with E-state index >= 15 is 0 Å². The Bertz CT molecular complexity index is 585. The number of hydrogen-bond donors (Lipinski definition) is 2. The molecule has 0 saturated carbocycles. The fourth-order valence-corrected chi connectivity index (χ4v) is 2.55. The molecule has 1 aromatic carbocycles. The van der Waals surface area contributed by atoms with Crippen molar-refractivity contribution in [3.8, 4) is 11.5 Å². The van der Waals surface area contributed by atoms with Gasteiger partial charge in [0.05, 0.1) is 9.38 Å². The van der Waals surface area contributed by atoms with Crippen LogP contribution in [0, 0.1) is 0 Å². The Kier molecular flexibility index (Phi) is 3.36. The highest BCUT2D eigenvalue weighted by Gasteiger charge is 2.32. The quantitative estimate of drug-likeness (QED) is 0.774. The number of aromatic hydroxyl groups is 2. The zero-order valence-corrected chi connectivity index (χ0v) is 11.6. The van der Waals surface area contributed by atoms with Crippen molar-refractivity contribution in [2.45, 2.75) is 0 Å². The van der Waals surface area contributed by atoms with Gasteiger partial charge in [0.15, 0.2) is 0 Å². The highest BCUT2D eigenvalue weighted by Crippen LogP contribution is 2.36. The summed E-state index contributed by atoms with van der Waals surface area (Å²) in [6.45, 7) is 0. The first-order valence-corrected chi connectivity index (χ1v) is 6.44. The minimum absolute atomic E-state index is 0.103. The molecular formula is C11H8BrNO4S. The number of rotatable bonds is 1. The third-order valence-corrected chi connectivity index (χ3v) is 3.97. The van der Waals surface area contributed by atoms with E-state index in [1.807, 2.05) is 0 Å². The van der Waals surface area contributed by atoms with Gasteiger partial charge in [-0.1, -0.05) is 0 Å². The van der Waals surface area contributed by atoms with Crippen LogP contribution in [0.2, 0.25) is 0 Å². The summed E-state index contributed by atoms with van der Waals surface area (Å²) in [6, 6.07) is 2.63. The first kappa shape index (κ1) is 13.0. The summed E-state index contributed by atoms with van der Waals surface area (Å²) in [5.74, 6) is -0.680. The molecule has 1 saturated heterocycles. The third kappa shape index (κ3) is 2.23. The fourth-order valence-electron chi connectivity index (χ4n) is 1.37. The SMILES string of the molecule is CN1C(=O)S/C(=C\c2cc(Br)c(O)cc2O)C1=O. The van der Waals surface area contributed by atoms with E-state index in [0.29, 0.717) is 10.0 Å². The average Bonchev–Trinajstić information content (AvgIpc) is 2.54. The second-order valence-electron chi connectivity index (χ2n) is 3.60. The number of carbonyl (C=O) groups excluding carboxylic acids is 2. The Labute approximate surface area is 115 Å². The maximum absolute atomic E-state index is 11.7. The summed E-state index contributed by atoms with van der Waals surface area (Å²) in [7, 11) is 1.39. The number of imide groups is 1. The molecule has 1 aliphatic rings. The number of benzene rings is 1. The lowest BCUT2D eigenvalue weighted by molar-refractivity contribution is -0.121. The van der Waals surface area contributed by atoms with Crippen molar-refractivity contribution in [1.29, 1.82) is 0 Å². The van der Waals surface area contributed by atoms with Crippen LogP contribution in [0.25, 0.3) is 6.08 Å². The van der Waals surface area contributed by atoms with E-state index in [-0.39, 0.29) is 21.6 Å². The summed E-state index contributed by atoms with van der Waals surface area (Å²) in [5, 5.41) is 18.7. The predicted molar refractivity (Wildman–Crippen MR) is 71.2 cm³/mol. The lowest BCUT2D eigenvalue weighted by Gasteiger charge is -2.04. The van der Waals surface area contributed by atoms with Gasteiger partial charge in [0.2, 0.25) is 0 Å². The molecule has 0 unspecified atom stereocenters. The normalized spacial score (nSPS) is 17.9. The van der Waals surface area contributed by atoms with Crippen LogP contribution in [-0.4, -0.2) is 33.3 Å². The van der Waals surface area contributed by atoms with E-state index in [0.717, 1.165) is 22.7 Å².